The van der Waals surface area contributed by atoms with Gasteiger partial charge in [-0.1, -0.05) is 91.0 Å². The molecule has 0 spiro atoms. The van der Waals surface area contributed by atoms with Crippen LogP contribution in [0.3, 0.4) is 0 Å². The summed E-state index contributed by atoms with van der Waals surface area (Å²) < 4.78 is 0. The maximum absolute atomic E-state index is 14.0. The van der Waals surface area contributed by atoms with E-state index in [1.807, 2.05) is 110 Å². The first-order valence-electron chi connectivity index (χ1n) is 14.7. The Hall–Kier alpha value is -4.81. The number of hydrogen-bond donors (Lipinski definition) is 2. The summed E-state index contributed by atoms with van der Waals surface area (Å²) in [4.78, 5) is 33.0. The van der Waals surface area contributed by atoms with Gasteiger partial charge in [0.15, 0.2) is 0 Å². The first-order chi connectivity index (χ1) is 21.0. The maximum atomic E-state index is 14.0. The second kappa shape index (κ2) is 14.4. The number of rotatable bonds is 12. The highest BCUT2D eigenvalue weighted by molar-refractivity contribution is 5.98. The van der Waals surface area contributed by atoms with E-state index in [1.165, 1.54) is 0 Å². The lowest BCUT2D eigenvalue weighted by molar-refractivity contribution is -0.132. The van der Waals surface area contributed by atoms with E-state index in [9.17, 15) is 9.59 Å². The van der Waals surface area contributed by atoms with Crippen molar-refractivity contribution in [1.82, 2.24) is 20.5 Å². The third-order valence-corrected chi connectivity index (χ3v) is 7.79. The van der Waals surface area contributed by atoms with Crippen LogP contribution in [0.5, 0.6) is 0 Å². The average Bonchev–Trinajstić information content (AvgIpc) is 3.06. The highest BCUT2D eigenvalue weighted by Crippen LogP contribution is 2.26. The van der Waals surface area contributed by atoms with Crippen molar-refractivity contribution < 1.29 is 9.59 Å². The highest BCUT2D eigenvalue weighted by atomic mass is 16.2. The van der Waals surface area contributed by atoms with Gasteiger partial charge in [0.2, 0.25) is 5.91 Å². The van der Waals surface area contributed by atoms with E-state index in [-0.39, 0.29) is 23.8 Å². The zero-order valence-corrected chi connectivity index (χ0v) is 24.7. The molecular weight excluding hydrogens is 532 g/mol. The predicted molar refractivity (Wildman–Crippen MR) is 173 cm³/mol. The average molecular weight is 571 g/mol. The van der Waals surface area contributed by atoms with E-state index in [2.05, 4.69) is 39.9 Å². The highest BCUT2D eigenvalue weighted by Gasteiger charge is 2.27. The molecule has 0 aliphatic rings. The number of carbonyl (C=O) groups excluding carboxylic acids is 2. The fourth-order valence-corrected chi connectivity index (χ4v) is 5.46. The third kappa shape index (κ3) is 7.93. The maximum Gasteiger partial charge on any atom is 0.251 e. The zero-order valence-electron chi connectivity index (χ0n) is 24.7. The molecule has 43 heavy (non-hydrogen) atoms. The minimum atomic E-state index is -0.479. The van der Waals surface area contributed by atoms with Crippen molar-refractivity contribution in [2.45, 2.75) is 31.3 Å². The van der Waals surface area contributed by atoms with Crippen LogP contribution in [0.25, 0.3) is 10.8 Å². The van der Waals surface area contributed by atoms with Gasteiger partial charge in [-0.3, -0.25) is 14.6 Å². The quantitative estimate of drug-likeness (QED) is 0.198. The molecule has 6 heteroatoms. The van der Waals surface area contributed by atoms with Gasteiger partial charge in [0, 0.05) is 50.1 Å². The first-order valence-corrected chi connectivity index (χ1v) is 14.7. The van der Waals surface area contributed by atoms with Crippen molar-refractivity contribution in [1.29, 1.82) is 0 Å². The van der Waals surface area contributed by atoms with Crippen LogP contribution in [0.1, 0.15) is 39.9 Å². The standard InChI is InChI=1S/C37H38N4O2/c1-27(25-39-36(42)33-18-17-29-11-9-10-16-32(29)24-33)40-35(23-28-19-21-38-22-20-28)37(43)41(2)26-34(30-12-5-3-6-13-30)31-14-7-4-8-15-31/h3-22,24,27,34-35,40H,23,25-26H2,1-2H3,(H,39,42)/t27?,35-/m0/s1. The molecule has 5 rings (SSSR count). The molecule has 0 radical (unpaired) electrons. The topological polar surface area (TPSA) is 74.3 Å². The van der Waals surface area contributed by atoms with Gasteiger partial charge < -0.3 is 15.5 Å². The molecule has 5 aromatic rings. The van der Waals surface area contributed by atoms with Crippen molar-refractivity contribution in [3.8, 4) is 0 Å². The monoisotopic (exact) mass is 570 g/mol. The molecule has 4 aromatic carbocycles. The smallest absolute Gasteiger partial charge is 0.251 e. The summed E-state index contributed by atoms with van der Waals surface area (Å²) in [6, 6.07) is 37.6. The number of amides is 2. The normalized spacial score (nSPS) is 12.5. The molecule has 0 aliphatic heterocycles. The largest absolute Gasteiger partial charge is 0.350 e. The van der Waals surface area contributed by atoms with Crippen LogP contribution in [0, 0.1) is 0 Å². The summed E-state index contributed by atoms with van der Waals surface area (Å²) in [6.45, 7) is 2.91. The van der Waals surface area contributed by atoms with E-state index in [0.29, 0.717) is 25.1 Å². The Kier molecular flexibility index (Phi) is 9.93. The molecule has 0 fully saturated rings. The molecule has 1 heterocycles. The second-order valence-corrected chi connectivity index (χ2v) is 11.0. The van der Waals surface area contributed by atoms with E-state index in [1.54, 1.807) is 12.4 Å². The van der Waals surface area contributed by atoms with Gasteiger partial charge in [-0.25, -0.2) is 0 Å². The zero-order chi connectivity index (χ0) is 30.0. The van der Waals surface area contributed by atoms with Crippen molar-refractivity contribution in [2.24, 2.45) is 0 Å². The van der Waals surface area contributed by atoms with Crippen molar-refractivity contribution in [3.05, 3.63) is 150 Å². The van der Waals surface area contributed by atoms with E-state index >= 15 is 0 Å². The van der Waals surface area contributed by atoms with Crippen molar-refractivity contribution in [2.75, 3.05) is 20.1 Å². The van der Waals surface area contributed by atoms with Crippen LogP contribution in [0.4, 0.5) is 0 Å². The molecular formula is C37H38N4O2. The molecule has 1 unspecified atom stereocenters. The van der Waals surface area contributed by atoms with Crippen LogP contribution < -0.4 is 10.6 Å². The number of aromatic nitrogens is 1. The van der Waals surface area contributed by atoms with Gasteiger partial charge >= 0.3 is 0 Å². The molecule has 6 nitrogen and oxygen atoms in total. The number of carbonyl (C=O) groups is 2. The van der Waals surface area contributed by atoms with E-state index in [4.69, 9.17) is 0 Å². The summed E-state index contributed by atoms with van der Waals surface area (Å²) in [6.07, 6.45) is 4.00. The summed E-state index contributed by atoms with van der Waals surface area (Å²) in [5, 5.41) is 8.67. The Morgan fingerprint density at radius 3 is 2.02 bits per heavy atom. The van der Waals surface area contributed by atoms with E-state index in [0.717, 1.165) is 27.5 Å². The van der Waals surface area contributed by atoms with Crippen molar-refractivity contribution in [3.63, 3.8) is 0 Å². The lowest BCUT2D eigenvalue weighted by atomic mass is 9.90. The predicted octanol–water partition coefficient (Wildman–Crippen LogP) is 5.84. The number of pyridine rings is 1. The summed E-state index contributed by atoms with van der Waals surface area (Å²) in [7, 11) is 1.87. The summed E-state index contributed by atoms with van der Waals surface area (Å²) in [5.41, 5.74) is 3.96. The first kappa shape index (κ1) is 29.7. The number of hydrogen-bond acceptors (Lipinski definition) is 4. The van der Waals surface area contributed by atoms with Crippen LogP contribution in [-0.2, 0) is 11.2 Å². The Morgan fingerprint density at radius 2 is 1.37 bits per heavy atom. The second-order valence-electron chi connectivity index (χ2n) is 11.0. The molecule has 0 saturated heterocycles. The molecule has 2 N–H and O–H groups in total. The van der Waals surface area contributed by atoms with Crippen LogP contribution in [0.15, 0.2) is 128 Å². The Bertz CT molecular complexity index is 1590. The minimum Gasteiger partial charge on any atom is -0.350 e. The molecule has 2 atom stereocenters. The number of nitrogens with one attached hydrogen (secondary N) is 2. The van der Waals surface area contributed by atoms with Gasteiger partial charge in [0.1, 0.15) is 0 Å². The van der Waals surface area contributed by atoms with E-state index < -0.39 is 6.04 Å². The SMILES string of the molecule is CC(CNC(=O)c1ccc2ccccc2c1)N[C@@H](Cc1ccncc1)C(=O)N(C)CC(c1ccccc1)c1ccccc1. The molecule has 0 bridgehead atoms. The number of nitrogens with zero attached hydrogens (tertiary/aromatic N) is 2. The van der Waals surface area contributed by atoms with Gasteiger partial charge in [-0.15, -0.1) is 0 Å². The van der Waals surface area contributed by atoms with Crippen molar-refractivity contribution >= 4 is 22.6 Å². The van der Waals surface area contributed by atoms with Gasteiger partial charge in [-0.05, 0) is 65.1 Å². The van der Waals surface area contributed by atoms with Gasteiger partial charge in [0.25, 0.3) is 5.91 Å². The van der Waals surface area contributed by atoms with Crippen LogP contribution >= 0.6 is 0 Å². The molecule has 0 saturated carbocycles. The Morgan fingerprint density at radius 1 is 0.767 bits per heavy atom. The third-order valence-electron chi connectivity index (χ3n) is 7.79. The number of fused-ring (bicyclic) bond motifs is 1. The summed E-state index contributed by atoms with van der Waals surface area (Å²) in [5.74, 6) is -0.0972. The van der Waals surface area contributed by atoms with Gasteiger partial charge in [-0.2, -0.15) is 0 Å². The number of benzene rings is 4. The number of likely N-dealkylation sites (N-methyl/N-ethyl adjacent to an activating group) is 1. The van der Waals surface area contributed by atoms with Crippen LogP contribution in [-0.4, -0.2) is 53.9 Å². The summed E-state index contributed by atoms with van der Waals surface area (Å²) >= 11 is 0. The Labute approximate surface area is 253 Å². The fraction of sp³-hybridized carbons (Fsp3) is 0.216. The minimum absolute atomic E-state index is 0.00128. The lowest BCUT2D eigenvalue weighted by Crippen LogP contribution is -2.52. The fourth-order valence-electron chi connectivity index (χ4n) is 5.46. The molecule has 0 aliphatic carbocycles. The molecule has 218 valence electrons. The lowest BCUT2D eigenvalue weighted by Gasteiger charge is -2.30. The Balaban J connectivity index is 1.28. The van der Waals surface area contributed by atoms with Gasteiger partial charge in [0.05, 0.1) is 6.04 Å². The van der Waals surface area contributed by atoms with Crippen LogP contribution in [0.2, 0.25) is 0 Å². The molecule has 2 amide bonds. The molecule has 1 aromatic heterocycles.